The lowest BCUT2D eigenvalue weighted by Gasteiger charge is -2.47. The number of amides is 2. The number of rotatable bonds is 5. The predicted octanol–water partition coefficient (Wildman–Crippen LogP) is 2.18. The smallest absolute Gasteiger partial charge is 0.246 e. The minimum Gasteiger partial charge on any atom is -0.339 e. The highest BCUT2D eigenvalue weighted by Gasteiger charge is 2.39. The molecule has 2 amide bonds. The van der Waals surface area contributed by atoms with Crippen LogP contribution in [0.15, 0.2) is 36.4 Å². The number of halogens is 1. The van der Waals surface area contributed by atoms with Crippen molar-refractivity contribution in [2.24, 2.45) is 5.92 Å². The first-order valence-corrected chi connectivity index (χ1v) is 9.15. The quantitative estimate of drug-likeness (QED) is 0.800. The highest BCUT2D eigenvalue weighted by molar-refractivity contribution is 5.92. The Labute approximate surface area is 161 Å². The molecule has 1 N–H and O–H groups in total. The van der Waals surface area contributed by atoms with Gasteiger partial charge in [0.2, 0.25) is 11.8 Å². The summed E-state index contributed by atoms with van der Waals surface area (Å²) in [5.74, 6) is 0.735. The van der Waals surface area contributed by atoms with Crippen LogP contribution in [0, 0.1) is 5.92 Å². The maximum Gasteiger partial charge on any atom is 0.246 e. The van der Waals surface area contributed by atoms with Gasteiger partial charge >= 0.3 is 0 Å². The molecule has 1 aromatic carbocycles. The zero-order valence-corrected chi connectivity index (χ0v) is 16.1. The first kappa shape index (κ1) is 20.5. The van der Waals surface area contributed by atoms with Crippen LogP contribution in [0.25, 0.3) is 6.08 Å². The summed E-state index contributed by atoms with van der Waals surface area (Å²) < 4.78 is 0. The molecule has 2 heterocycles. The molecule has 2 fully saturated rings. The van der Waals surface area contributed by atoms with E-state index >= 15 is 0 Å². The average molecular weight is 378 g/mol. The molecule has 5 nitrogen and oxygen atoms in total. The number of piperidine rings is 2. The zero-order valence-electron chi connectivity index (χ0n) is 15.3. The number of likely N-dealkylation sites (tertiary alicyclic amines) is 2. The summed E-state index contributed by atoms with van der Waals surface area (Å²) in [6.07, 6.45) is 5.92. The lowest BCUT2D eigenvalue weighted by molar-refractivity contribution is -0.142. The number of benzene rings is 1. The molecule has 1 aromatic rings. The van der Waals surface area contributed by atoms with E-state index < -0.39 is 0 Å². The van der Waals surface area contributed by atoms with Crippen molar-refractivity contribution in [3.63, 3.8) is 0 Å². The Morgan fingerprint density at radius 1 is 1.27 bits per heavy atom. The molecule has 0 spiro atoms. The fourth-order valence-corrected chi connectivity index (χ4v) is 3.91. The van der Waals surface area contributed by atoms with Crippen molar-refractivity contribution >= 4 is 30.3 Å². The van der Waals surface area contributed by atoms with Gasteiger partial charge in [0, 0.05) is 44.7 Å². The van der Waals surface area contributed by atoms with Gasteiger partial charge in [0.15, 0.2) is 0 Å². The second-order valence-corrected chi connectivity index (χ2v) is 6.87. The molecule has 3 rings (SSSR count). The Kier molecular flexibility index (Phi) is 7.66. The summed E-state index contributed by atoms with van der Waals surface area (Å²) in [6.45, 7) is 3.06. The van der Waals surface area contributed by atoms with Gasteiger partial charge in [-0.15, -0.1) is 12.4 Å². The van der Waals surface area contributed by atoms with E-state index in [2.05, 4.69) is 5.32 Å². The lowest BCUT2D eigenvalue weighted by atomic mass is 9.83. The van der Waals surface area contributed by atoms with Crippen LogP contribution in [-0.2, 0) is 9.59 Å². The van der Waals surface area contributed by atoms with Crippen LogP contribution >= 0.6 is 12.4 Å². The predicted molar refractivity (Wildman–Crippen MR) is 106 cm³/mol. The Morgan fingerprint density at radius 3 is 2.77 bits per heavy atom. The van der Waals surface area contributed by atoms with Crippen molar-refractivity contribution in [2.45, 2.75) is 25.3 Å². The highest BCUT2D eigenvalue weighted by Crippen LogP contribution is 2.31. The zero-order chi connectivity index (χ0) is 17.6. The summed E-state index contributed by atoms with van der Waals surface area (Å²) in [5.41, 5.74) is 1.03. The fourth-order valence-electron chi connectivity index (χ4n) is 3.91. The standard InChI is InChI=1S/C20H27N3O2.ClH/c1-21-12-14-23-18-11-13-22(15-17(18)8-10-20(23)25)19(24)9-7-16-5-3-2-4-6-16;/h2-7,9,17-18,21H,8,10-15H2,1H3;1H/b9-7+;/t17-,18+;/m0./s1. The molecule has 2 aliphatic rings. The SMILES string of the molecule is CNCCN1C(=O)CC[C@H]2CN(C(=O)/C=C/c3ccccc3)CC[C@H]21.Cl. The molecular weight excluding hydrogens is 350 g/mol. The first-order chi connectivity index (χ1) is 12.2. The highest BCUT2D eigenvalue weighted by atomic mass is 35.5. The Balaban J connectivity index is 0.00000243. The summed E-state index contributed by atoms with van der Waals surface area (Å²) in [7, 11) is 1.91. The fraction of sp³-hybridized carbons (Fsp3) is 0.500. The summed E-state index contributed by atoms with van der Waals surface area (Å²) >= 11 is 0. The van der Waals surface area contributed by atoms with Crippen molar-refractivity contribution in [2.75, 3.05) is 33.2 Å². The normalized spacial score (nSPS) is 22.9. The number of nitrogens with zero attached hydrogens (tertiary/aromatic N) is 2. The van der Waals surface area contributed by atoms with E-state index in [0.29, 0.717) is 12.3 Å². The number of hydrogen-bond acceptors (Lipinski definition) is 3. The van der Waals surface area contributed by atoms with E-state index in [1.54, 1.807) is 6.08 Å². The van der Waals surface area contributed by atoms with E-state index in [1.165, 1.54) is 0 Å². The van der Waals surface area contributed by atoms with Gasteiger partial charge in [0.25, 0.3) is 0 Å². The van der Waals surface area contributed by atoms with E-state index in [-0.39, 0.29) is 30.3 Å². The summed E-state index contributed by atoms with van der Waals surface area (Å²) in [6, 6.07) is 10.2. The molecule has 2 aliphatic heterocycles. The molecule has 0 aromatic heterocycles. The van der Waals surface area contributed by atoms with Gasteiger partial charge in [-0.05, 0) is 37.4 Å². The first-order valence-electron chi connectivity index (χ1n) is 9.15. The minimum atomic E-state index is 0. The Hall–Kier alpha value is -1.85. The second kappa shape index (κ2) is 9.74. The largest absolute Gasteiger partial charge is 0.339 e. The summed E-state index contributed by atoms with van der Waals surface area (Å²) in [4.78, 5) is 28.7. The minimum absolute atomic E-state index is 0. The van der Waals surface area contributed by atoms with E-state index in [1.807, 2.05) is 53.3 Å². The molecule has 6 heteroatoms. The number of nitrogens with one attached hydrogen (secondary N) is 1. The van der Waals surface area contributed by atoms with Crippen molar-refractivity contribution in [3.8, 4) is 0 Å². The number of likely N-dealkylation sites (N-methyl/N-ethyl adjacent to an activating group) is 1. The number of fused-ring (bicyclic) bond motifs is 1. The number of carbonyl (C=O) groups excluding carboxylic acids is 2. The number of hydrogen-bond donors (Lipinski definition) is 1. The molecule has 0 unspecified atom stereocenters. The third kappa shape index (κ3) is 4.86. The van der Waals surface area contributed by atoms with E-state index in [9.17, 15) is 9.59 Å². The maximum absolute atomic E-state index is 12.5. The molecule has 0 bridgehead atoms. The summed E-state index contributed by atoms with van der Waals surface area (Å²) in [5, 5.41) is 3.12. The molecule has 0 aliphatic carbocycles. The molecule has 0 saturated carbocycles. The molecule has 26 heavy (non-hydrogen) atoms. The van der Waals surface area contributed by atoms with Crippen LogP contribution in [0.1, 0.15) is 24.8 Å². The second-order valence-electron chi connectivity index (χ2n) is 6.87. The van der Waals surface area contributed by atoms with Crippen molar-refractivity contribution in [3.05, 3.63) is 42.0 Å². The van der Waals surface area contributed by atoms with Crippen LogP contribution in [0.2, 0.25) is 0 Å². The van der Waals surface area contributed by atoms with Crippen molar-refractivity contribution in [1.29, 1.82) is 0 Å². The van der Waals surface area contributed by atoms with E-state index in [4.69, 9.17) is 0 Å². The van der Waals surface area contributed by atoms with Crippen LogP contribution < -0.4 is 5.32 Å². The average Bonchev–Trinajstić information content (AvgIpc) is 2.66. The lowest BCUT2D eigenvalue weighted by Crippen LogP contribution is -2.57. The third-order valence-electron chi connectivity index (χ3n) is 5.28. The van der Waals surface area contributed by atoms with Gasteiger partial charge in [-0.2, -0.15) is 0 Å². The van der Waals surface area contributed by atoms with Gasteiger partial charge in [0.1, 0.15) is 0 Å². The Morgan fingerprint density at radius 2 is 2.04 bits per heavy atom. The van der Waals surface area contributed by atoms with Gasteiger partial charge in [-0.25, -0.2) is 0 Å². The van der Waals surface area contributed by atoms with Gasteiger partial charge in [-0.1, -0.05) is 30.3 Å². The van der Waals surface area contributed by atoms with E-state index in [0.717, 1.165) is 44.6 Å². The van der Waals surface area contributed by atoms with Crippen LogP contribution in [0.5, 0.6) is 0 Å². The van der Waals surface area contributed by atoms with Gasteiger partial charge in [0.05, 0.1) is 0 Å². The van der Waals surface area contributed by atoms with Crippen LogP contribution in [0.4, 0.5) is 0 Å². The topological polar surface area (TPSA) is 52.7 Å². The monoisotopic (exact) mass is 377 g/mol. The van der Waals surface area contributed by atoms with Crippen molar-refractivity contribution < 1.29 is 9.59 Å². The van der Waals surface area contributed by atoms with Gasteiger partial charge < -0.3 is 15.1 Å². The molecule has 0 radical (unpaired) electrons. The number of carbonyl (C=O) groups is 2. The Bertz CT molecular complexity index is 635. The molecule has 2 atom stereocenters. The maximum atomic E-state index is 12.5. The molecule has 142 valence electrons. The third-order valence-corrected chi connectivity index (χ3v) is 5.28. The van der Waals surface area contributed by atoms with Crippen molar-refractivity contribution in [1.82, 2.24) is 15.1 Å². The van der Waals surface area contributed by atoms with Crippen LogP contribution in [0.3, 0.4) is 0 Å². The van der Waals surface area contributed by atoms with Crippen LogP contribution in [-0.4, -0.2) is 60.9 Å². The van der Waals surface area contributed by atoms with Gasteiger partial charge in [-0.3, -0.25) is 9.59 Å². The molecule has 2 saturated heterocycles. The molecular formula is C20H28ClN3O2.